The molecule has 1 heterocycles. The van der Waals surface area contributed by atoms with E-state index in [1.54, 1.807) is 0 Å². The summed E-state index contributed by atoms with van der Waals surface area (Å²) < 4.78 is 0. The maximum Gasteiger partial charge on any atom is 0.326 e. The molecule has 0 saturated heterocycles. The van der Waals surface area contributed by atoms with Crippen LogP contribution in [0.2, 0.25) is 0 Å². The number of nitrogens with one attached hydrogen (secondary N) is 6. The second-order valence-corrected chi connectivity index (χ2v) is 10.0. The van der Waals surface area contributed by atoms with Gasteiger partial charge in [0.1, 0.15) is 24.2 Å². The number of amides is 7. The van der Waals surface area contributed by atoms with Crippen LogP contribution in [-0.4, -0.2) is 122 Å². The summed E-state index contributed by atoms with van der Waals surface area (Å²) >= 11 is 0. The third-order valence-corrected chi connectivity index (χ3v) is 6.21. The number of imidazole rings is 1. The molecule has 22 nitrogen and oxygen atoms in total. The molecule has 0 unspecified atom stereocenters. The zero-order chi connectivity index (χ0) is 35.7. The molecule has 1 rings (SSSR count). The third kappa shape index (κ3) is 15.3. The van der Waals surface area contributed by atoms with Crippen LogP contribution in [0.5, 0.6) is 0 Å². The first-order valence-corrected chi connectivity index (χ1v) is 13.9. The SMILES string of the molecule is NC(=O)CC[C@H](NC(=O)CNC(=O)[C@H](CC(N)=O)NC(=O)[C@H](Cc1cnc[nH]1)NC(=O)[C@H](CO)NC(=O)[C@@H](N)CCC(=O)O)C(=O)O. The lowest BCUT2D eigenvalue weighted by molar-refractivity contribution is -0.142. The number of nitrogens with zero attached hydrogens (tertiary/aromatic N) is 1. The first-order valence-electron chi connectivity index (χ1n) is 13.9. The van der Waals surface area contributed by atoms with Gasteiger partial charge in [-0.1, -0.05) is 0 Å². The van der Waals surface area contributed by atoms with Gasteiger partial charge in [-0.2, -0.15) is 0 Å². The van der Waals surface area contributed by atoms with Gasteiger partial charge in [-0.15, -0.1) is 0 Å². The number of carboxylic acid groups (broad SMARTS) is 2. The van der Waals surface area contributed by atoms with Crippen molar-refractivity contribution in [2.75, 3.05) is 13.2 Å². The number of primary amides is 2. The Kier molecular flexibility index (Phi) is 16.5. The lowest BCUT2D eigenvalue weighted by Gasteiger charge is -2.25. The Morgan fingerprint density at radius 1 is 0.766 bits per heavy atom. The minimum Gasteiger partial charge on any atom is -0.481 e. The number of aliphatic hydroxyl groups excluding tert-OH is 1. The summed E-state index contributed by atoms with van der Waals surface area (Å²) in [4.78, 5) is 115. The molecule has 0 aliphatic carbocycles. The van der Waals surface area contributed by atoms with Crippen molar-refractivity contribution in [2.24, 2.45) is 17.2 Å². The summed E-state index contributed by atoms with van der Waals surface area (Å²) in [6.07, 6.45) is 0.122. The van der Waals surface area contributed by atoms with E-state index < -0.39 is 109 Å². The van der Waals surface area contributed by atoms with Crippen molar-refractivity contribution in [3.63, 3.8) is 0 Å². The van der Waals surface area contributed by atoms with E-state index in [1.807, 2.05) is 0 Å². The molecule has 47 heavy (non-hydrogen) atoms. The number of carbonyl (C=O) groups is 9. The van der Waals surface area contributed by atoms with Crippen LogP contribution in [0.4, 0.5) is 0 Å². The van der Waals surface area contributed by atoms with Crippen LogP contribution in [0.25, 0.3) is 0 Å². The lowest BCUT2D eigenvalue weighted by Crippen LogP contribution is -2.59. The number of aromatic amines is 1. The molecule has 22 heteroatoms. The average molecular weight is 671 g/mol. The highest BCUT2D eigenvalue weighted by Gasteiger charge is 2.32. The van der Waals surface area contributed by atoms with E-state index in [1.165, 1.54) is 12.5 Å². The monoisotopic (exact) mass is 670 g/mol. The first-order chi connectivity index (χ1) is 22.0. The summed E-state index contributed by atoms with van der Waals surface area (Å²) in [5.41, 5.74) is 16.1. The second kappa shape index (κ2) is 19.7. The number of H-pyrrole nitrogens is 1. The summed E-state index contributed by atoms with van der Waals surface area (Å²) in [6.45, 7) is -1.77. The third-order valence-electron chi connectivity index (χ3n) is 6.21. The van der Waals surface area contributed by atoms with E-state index in [0.29, 0.717) is 5.69 Å². The number of aliphatic carboxylic acids is 2. The molecule has 0 bridgehead atoms. The van der Waals surface area contributed by atoms with Crippen molar-refractivity contribution in [1.29, 1.82) is 0 Å². The van der Waals surface area contributed by atoms with E-state index in [0.717, 1.165) is 0 Å². The maximum absolute atomic E-state index is 13.3. The molecule has 0 aliphatic heterocycles. The Labute approximate surface area is 265 Å². The van der Waals surface area contributed by atoms with Crippen LogP contribution in [0.15, 0.2) is 12.5 Å². The number of carbonyl (C=O) groups excluding carboxylic acids is 7. The van der Waals surface area contributed by atoms with Gasteiger partial charge in [-0.3, -0.25) is 38.4 Å². The van der Waals surface area contributed by atoms with Crippen LogP contribution in [0.3, 0.4) is 0 Å². The molecule has 0 spiro atoms. The van der Waals surface area contributed by atoms with E-state index in [4.69, 9.17) is 22.3 Å². The largest absolute Gasteiger partial charge is 0.481 e. The van der Waals surface area contributed by atoms with Crippen molar-refractivity contribution in [2.45, 2.75) is 68.7 Å². The summed E-state index contributed by atoms with van der Waals surface area (Å²) in [5.74, 6) is -9.74. The summed E-state index contributed by atoms with van der Waals surface area (Å²) in [7, 11) is 0. The topological polar surface area (TPSA) is 381 Å². The molecule has 260 valence electrons. The maximum atomic E-state index is 13.3. The van der Waals surface area contributed by atoms with Crippen LogP contribution in [-0.2, 0) is 49.6 Å². The molecule has 15 N–H and O–H groups in total. The number of nitrogens with two attached hydrogens (primary N) is 3. The van der Waals surface area contributed by atoms with Gasteiger partial charge in [0.25, 0.3) is 0 Å². The highest BCUT2D eigenvalue weighted by molar-refractivity contribution is 5.97. The minimum absolute atomic E-state index is 0.272. The van der Waals surface area contributed by atoms with Crippen molar-refractivity contribution in [3.05, 3.63) is 18.2 Å². The smallest absolute Gasteiger partial charge is 0.326 e. The van der Waals surface area contributed by atoms with Gasteiger partial charge >= 0.3 is 11.9 Å². The zero-order valence-corrected chi connectivity index (χ0v) is 24.9. The molecular formula is C25H38N10O12. The lowest BCUT2D eigenvalue weighted by atomic mass is 10.1. The highest BCUT2D eigenvalue weighted by Crippen LogP contribution is 2.04. The summed E-state index contributed by atoms with van der Waals surface area (Å²) in [6, 6.07) is -7.70. The predicted molar refractivity (Wildman–Crippen MR) is 155 cm³/mol. The normalized spacial score (nSPS) is 13.8. The molecule has 0 aromatic carbocycles. The Hall–Kier alpha value is -5.64. The number of hydrogen-bond donors (Lipinski definition) is 12. The van der Waals surface area contributed by atoms with Crippen molar-refractivity contribution in [1.82, 2.24) is 36.6 Å². The standard InChI is InChI=1S/C25H38N10O12/c26-12(1-4-20(40)41)21(42)35-16(9-36)24(45)33-14(5-11-7-29-10-31-11)23(44)34-15(6-18(28)38)22(43)30-8-19(39)32-13(25(46)47)2-3-17(27)37/h7,10,12-16,36H,1-6,8-9,26H2,(H2,27,37)(H2,28,38)(H,29,31)(H,30,43)(H,32,39)(H,33,45)(H,34,44)(H,35,42)(H,40,41)(H,46,47)/t12-,13-,14-,15-,16-/m0/s1. The van der Waals surface area contributed by atoms with Crippen LogP contribution >= 0.6 is 0 Å². The number of hydrogen-bond acceptors (Lipinski definition) is 12. The van der Waals surface area contributed by atoms with Crippen LogP contribution in [0, 0.1) is 0 Å². The Morgan fingerprint density at radius 2 is 1.38 bits per heavy atom. The van der Waals surface area contributed by atoms with Crippen molar-refractivity contribution in [3.8, 4) is 0 Å². The molecule has 1 aromatic heterocycles. The molecule has 0 saturated carbocycles. The molecule has 0 aliphatic rings. The van der Waals surface area contributed by atoms with E-state index in [9.17, 15) is 53.4 Å². The van der Waals surface area contributed by atoms with Crippen LogP contribution in [0.1, 0.15) is 37.8 Å². The molecule has 0 fully saturated rings. The molecule has 1 aromatic rings. The Morgan fingerprint density at radius 3 is 1.91 bits per heavy atom. The highest BCUT2D eigenvalue weighted by atomic mass is 16.4. The molecule has 5 atom stereocenters. The Bertz CT molecular complexity index is 1310. The fourth-order valence-electron chi connectivity index (χ4n) is 3.74. The van der Waals surface area contributed by atoms with E-state index in [2.05, 4.69) is 36.6 Å². The predicted octanol–water partition coefficient (Wildman–Crippen LogP) is -6.58. The molecule has 0 radical (unpaired) electrons. The fourth-order valence-corrected chi connectivity index (χ4v) is 3.74. The zero-order valence-electron chi connectivity index (χ0n) is 24.9. The molecular weight excluding hydrogens is 632 g/mol. The van der Waals surface area contributed by atoms with Gasteiger partial charge in [-0.25, -0.2) is 9.78 Å². The van der Waals surface area contributed by atoms with Gasteiger partial charge in [-0.05, 0) is 12.8 Å². The van der Waals surface area contributed by atoms with Gasteiger partial charge in [0.15, 0.2) is 0 Å². The second-order valence-electron chi connectivity index (χ2n) is 10.0. The first kappa shape index (κ1) is 39.4. The number of aliphatic hydroxyl groups is 1. The quantitative estimate of drug-likeness (QED) is 0.0546. The van der Waals surface area contributed by atoms with E-state index in [-0.39, 0.29) is 25.7 Å². The van der Waals surface area contributed by atoms with E-state index >= 15 is 0 Å². The Balaban J connectivity index is 3.01. The van der Waals surface area contributed by atoms with Gasteiger partial charge in [0, 0.05) is 31.2 Å². The number of rotatable bonds is 22. The average Bonchev–Trinajstić information content (AvgIpc) is 3.51. The van der Waals surface area contributed by atoms with Crippen LogP contribution < -0.4 is 43.8 Å². The minimum atomic E-state index is -1.69. The van der Waals surface area contributed by atoms with Gasteiger partial charge in [0.2, 0.25) is 41.4 Å². The number of carboxylic acids is 2. The van der Waals surface area contributed by atoms with Gasteiger partial charge in [0.05, 0.1) is 31.9 Å². The van der Waals surface area contributed by atoms with Crippen molar-refractivity contribution < 1.29 is 58.5 Å². The number of aromatic nitrogens is 2. The summed E-state index contributed by atoms with van der Waals surface area (Å²) in [5, 5.41) is 38.5. The van der Waals surface area contributed by atoms with Crippen molar-refractivity contribution >= 4 is 53.3 Å². The molecule has 7 amide bonds. The van der Waals surface area contributed by atoms with Gasteiger partial charge < -0.3 is 64.1 Å². The fraction of sp³-hybridized carbons (Fsp3) is 0.520.